The third kappa shape index (κ3) is 3.75. The van der Waals surface area contributed by atoms with Crippen molar-refractivity contribution in [3.8, 4) is 0 Å². The van der Waals surface area contributed by atoms with Gasteiger partial charge in [-0.2, -0.15) is 0 Å². The first kappa shape index (κ1) is 16.2. The van der Waals surface area contributed by atoms with E-state index in [1.54, 1.807) is 0 Å². The molecular formula is C25H23N2+. The summed E-state index contributed by atoms with van der Waals surface area (Å²) in [6.45, 7) is 0.834. The molecule has 2 aromatic carbocycles. The molecular weight excluding hydrogens is 328 g/mol. The summed E-state index contributed by atoms with van der Waals surface area (Å²) in [4.78, 5) is 4.90. The first-order valence-electron chi connectivity index (χ1n) is 9.70. The summed E-state index contributed by atoms with van der Waals surface area (Å²) in [6, 6.07) is 24.4. The number of allylic oxidation sites excluding steroid dienone is 1. The predicted octanol–water partition coefficient (Wildman–Crippen LogP) is 4.55. The lowest BCUT2D eigenvalue weighted by atomic mass is 9.96. The molecule has 0 fully saturated rings. The SMILES string of the molecule is C1=C[N+]2=CC1Cc1cccc(c1)Cc1cccc(c1)Cc1cccc(n1)C2. The molecule has 27 heavy (non-hydrogen) atoms. The standard InChI is InChI=1S/C25H23N2/c1-4-19-12-20-5-2-7-22(14-20)16-24-8-3-9-25(26-24)18-27-11-10-23(17-27)15-21(6-1)13-19/h1-11,13-14,17,23H,12,15-16,18H2/q+1. The molecule has 3 aromatic rings. The number of fused-ring (bicyclic) bond motifs is 7. The summed E-state index contributed by atoms with van der Waals surface area (Å²) in [7, 11) is 0. The maximum absolute atomic E-state index is 4.90. The highest BCUT2D eigenvalue weighted by Crippen LogP contribution is 2.19. The molecule has 2 nitrogen and oxygen atoms in total. The lowest BCUT2D eigenvalue weighted by Gasteiger charge is -2.09. The molecule has 0 saturated heterocycles. The highest BCUT2D eigenvalue weighted by atomic mass is 15.0. The Hall–Kier alpha value is -3.00. The second-order valence-corrected chi connectivity index (χ2v) is 7.64. The van der Waals surface area contributed by atoms with Gasteiger partial charge >= 0.3 is 0 Å². The number of hydrogen-bond donors (Lipinski definition) is 0. The zero-order valence-corrected chi connectivity index (χ0v) is 15.4. The van der Waals surface area contributed by atoms with E-state index in [0.29, 0.717) is 5.92 Å². The molecule has 5 rings (SSSR count). The lowest BCUT2D eigenvalue weighted by Crippen LogP contribution is -2.09. The maximum atomic E-state index is 4.90. The molecule has 2 aliphatic heterocycles. The minimum Gasteiger partial charge on any atom is -0.251 e. The van der Waals surface area contributed by atoms with Gasteiger partial charge in [0.25, 0.3) is 0 Å². The number of rotatable bonds is 0. The topological polar surface area (TPSA) is 15.9 Å². The molecule has 0 amide bonds. The van der Waals surface area contributed by atoms with Crippen LogP contribution in [0.1, 0.15) is 33.6 Å². The van der Waals surface area contributed by atoms with Gasteiger partial charge < -0.3 is 0 Å². The predicted molar refractivity (Wildman–Crippen MR) is 109 cm³/mol. The Kier molecular flexibility index (Phi) is 4.17. The van der Waals surface area contributed by atoms with Crippen molar-refractivity contribution in [3.05, 3.63) is 113 Å². The molecule has 1 aromatic heterocycles. The molecule has 0 saturated carbocycles. The van der Waals surface area contributed by atoms with Gasteiger partial charge in [-0.1, -0.05) is 54.6 Å². The van der Waals surface area contributed by atoms with Gasteiger partial charge in [-0.25, -0.2) is 4.58 Å². The summed E-state index contributed by atoms with van der Waals surface area (Å²) < 4.78 is 2.27. The van der Waals surface area contributed by atoms with Gasteiger partial charge in [0, 0.05) is 12.1 Å². The van der Waals surface area contributed by atoms with Crippen LogP contribution in [0.2, 0.25) is 0 Å². The molecule has 132 valence electrons. The van der Waals surface area contributed by atoms with Crippen LogP contribution in [-0.4, -0.2) is 15.8 Å². The van der Waals surface area contributed by atoms with Crippen molar-refractivity contribution in [1.82, 2.24) is 4.98 Å². The molecule has 0 N–H and O–H groups in total. The highest BCUT2D eigenvalue weighted by molar-refractivity contribution is 5.61. The third-order valence-electron chi connectivity index (χ3n) is 5.36. The average molecular weight is 351 g/mol. The fourth-order valence-corrected chi connectivity index (χ4v) is 4.13. The molecule has 0 radical (unpaired) electrons. The Morgan fingerprint density at radius 2 is 1.41 bits per heavy atom. The Balaban J connectivity index is 1.56. The smallest absolute Gasteiger partial charge is 0.190 e. The van der Waals surface area contributed by atoms with Crippen molar-refractivity contribution < 1.29 is 4.58 Å². The van der Waals surface area contributed by atoms with Crippen LogP contribution in [0.4, 0.5) is 0 Å². The van der Waals surface area contributed by atoms with E-state index in [1.165, 1.54) is 22.3 Å². The minimum atomic E-state index is 0.458. The van der Waals surface area contributed by atoms with Crippen LogP contribution in [-0.2, 0) is 25.8 Å². The maximum Gasteiger partial charge on any atom is 0.190 e. The van der Waals surface area contributed by atoms with Gasteiger partial charge in [0.15, 0.2) is 19.0 Å². The second-order valence-electron chi connectivity index (χ2n) is 7.64. The monoisotopic (exact) mass is 351 g/mol. The van der Waals surface area contributed by atoms with Crippen LogP contribution >= 0.6 is 0 Å². The largest absolute Gasteiger partial charge is 0.251 e. The van der Waals surface area contributed by atoms with E-state index in [2.05, 4.69) is 89.8 Å². The molecule has 2 aliphatic rings. The second kappa shape index (κ2) is 6.96. The van der Waals surface area contributed by atoms with Crippen molar-refractivity contribution >= 4 is 6.21 Å². The normalized spacial score (nSPS) is 18.2. The first-order valence-corrected chi connectivity index (χ1v) is 9.70. The van der Waals surface area contributed by atoms with Crippen molar-refractivity contribution in [2.45, 2.75) is 25.8 Å². The summed E-state index contributed by atoms with van der Waals surface area (Å²) in [6.07, 6.45) is 9.74. The Morgan fingerprint density at radius 3 is 2.26 bits per heavy atom. The van der Waals surface area contributed by atoms with Crippen LogP contribution < -0.4 is 0 Å². The summed E-state index contributed by atoms with van der Waals surface area (Å²) in [5.41, 5.74) is 7.75. The zero-order chi connectivity index (χ0) is 18.1. The molecule has 1 atom stereocenters. The Labute approximate surface area is 160 Å². The minimum absolute atomic E-state index is 0.458. The molecule has 2 heteroatoms. The van der Waals surface area contributed by atoms with E-state index < -0.39 is 0 Å². The first-order chi connectivity index (χ1) is 13.3. The van der Waals surface area contributed by atoms with Crippen molar-refractivity contribution in [2.75, 3.05) is 0 Å². The molecule has 1 unspecified atom stereocenters. The number of pyridine rings is 1. The van der Waals surface area contributed by atoms with Crippen LogP contribution in [0.15, 0.2) is 79.0 Å². The van der Waals surface area contributed by atoms with Gasteiger partial charge in [0.05, 0.1) is 5.92 Å². The van der Waals surface area contributed by atoms with E-state index in [0.717, 1.165) is 37.2 Å². The zero-order valence-electron chi connectivity index (χ0n) is 15.4. The quantitative estimate of drug-likeness (QED) is 0.543. The van der Waals surface area contributed by atoms with Gasteiger partial charge in [-0.05, 0) is 53.3 Å². The molecule has 0 spiro atoms. The summed E-state index contributed by atoms with van der Waals surface area (Å²) in [5.74, 6) is 0.458. The average Bonchev–Trinajstić information content (AvgIpc) is 3.09. The number of hydrogen-bond acceptors (Lipinski definition) is 1. The fourth-order valence-electron chi connectivity index (χ4n) is 4.13. The number of benzene rings is 2. The molecule has 0 aliphatic carbocycles. The van der Waals surface area contributed by atoms with E-state index in [9.17, 15) is 0 Å². The van der Waals surface area contributed by atoms with Crippen LogP contribution in [0.3, 0.4) is 0 Å². The van der Waals surface area contributed by atoms with E-state index >= 15 is 0 Å². The molecule has 8 bridgehead atoms. The van der Waals surface area contributed by atoms with Crippen LogP contribution in [0.25, 0.3) is 0 Å². The Bertz CT molecular complexity index is 1050. The molecule has 3 heterocycles. The van der Waals surface area contributed by atoms with Crippen molar-refractivity contribution in [2.24, 2.45) is 5.92 Å². The lowest BCUT2D eigenvalue weighted by molar-refractivity contribution is -0.467. The van der Waals surface area contributed by atoms with Gasteiger partial charge in [-0.15, -0.1) is 0 Å². The van der Waals surface area contributed by atoms with Gasteiger partial charge in [-0.3, -0.25) is 4.98 Å². The number of nitrogens with zero attached hydrogens (tertiary/aromatic N) is 2. The van der Waals surface area contributed by atoms with Crippen LogP contribution in [0.5, 0.6) is 0 Å². The van der Waals surface area contributed by atoms with Crippen LogP contribution in [0, 0.1) is 5.92 Å². The summed E-state index contributed by atoms with van der Waals surface area (Å²) >= 11 is 0. The highest BCUT2D eigenvalue weighted by Gasteiger charge is 2.18. The van der Waals surface area contributed by atoms with Gasteiger partial charge in [0.1, 0.15) is 5.69 Å². The van der Waals surface area contributed by atoms with Crippen molar-refractivity contribution in [3.63, 3.8) is 0 Å². The summed E-state index contributed by atoms with van der Waals surface area (Å²) in [5, 5.41) is 0. The fraction of sp³-hybridized carbons (Fsp3) is 0.200. The van der Waals surface area contributed by atoms with E-state index in [-0.39, 0.29) is 0 Å². The number of aromatic nitrogens is 1. The third-order valence-corrected chi connectivity index (χ3v) is 5.36. The van der Waals surface area contributed by atoms with E-state index in [1.807, 2.05) is 0 Å². The van der Waals surface area contributed by atoms with Crippen molar-refractivity contribution in [1.29, 1.82) is 0 Å². The Morgan fingerprint density at radius 1 is 0.741 bits per heavy atom. The van der Waals surface area contributed by atoms with E-state index in [4.69, 9.17) is 4.98 Å². The van der Waals surface area contributed by atoms with Gasteiger partial charge in [0.2, 0.25) is 0 Å².